The lowest BCUT2D eigenvalue weighted by molar-refractivity contribution is -0.385. The minimum absolute atomic E-state index is 0.00242. The van der Waals surface area contributed by atoms with Gasteiger partial charge in [0.1, 0.15) is 0 Å². The van der Waals surface area contributed by atoms with E-state index in [4.69, 9.17) is 10.5 Å². The summed E-state index contributed by atoms with van der Waals surface area (Å²) in [6.45, 7) is 3.91. The number of thioether (sulfide) groups is 1. The number of nitrogens with two attached hydrogens (primary N) is 1. The fraction of sp³-hybridized carbons (Fsp3) is 0.500. The molecule has 5 nitrogen and oxygen atoms in total. The van der Waals surface area contributed by atoms with Gasteiger partial charge in [0.25, 0.3) is 0 Å². The summed E-state index contributed by atoms with van der Waals surface area (Å²) in [7, 11) is 1.42. The van der Waals surface area contributed by atoms with Crippen LogP contribution < -0.4 is 10.5 Å². The van der Waals surface area contributed by atoms with Gasteiger partial charge >= 0.3 is 5.69 Å². The van der Waals surface area contributed by atoms with E-state index < -0.39 is 4.92 Å². The lowest BCUT2D eigenvalue weighted by atomic mass is 10.1. The lowest BCUT2D eigenvalue weighted by Gasteiger charge is -2.17. The summed E-state index contributed by atoms with van der Waals surface area (Å²) >= 11 is 1.66. The Bertz CT molecular complexity index is 430. The van der Waals surface area contributed by atoms with Gasteiger partial charge in [0.15, 0.2) is 5.75 Å². The van der Waals surface area contributed by atoms with Gasteiger partial charge in [0.2, 0.25) is 0 Å². The molecule has 0 aliphatic heterocycles. The van der Waals surface area contributed by atoms with E-state index in [1.165, 1.54) is 7.11 Å². The molecule has 0 aromatic heterocycles. The molecule has 6 heteroatoms. The van der Waals surface area contributed by atoms with E-state index in [2.05, 4.69) is 0 Å². The molecule has 1 aromatic carbocycles. The van der Waals surface area contributed by atoms with Crippen molar-refractivity contribution in [1.29, 1.82) is 0 Å². The molecule has 0 spiro atoms. The fourth-order valence-corrected chi connectivity index (χ4v) is 2.44. The molecule has 0 bridgehead atoms. The Morgan fingerprint density at radius 1 is 1.50 bits per heavy atom. The Morgan fingerprint density at radius 3 is 2.67 bits per heavy atom. The average molecular weight is 270 g/mol. The van der Waals surface area contributed by atoms with Crippen molar-refractivity contribution in [3.63, 3.8) is 0 Å². The van der Waals surface area contributed by atoms with Crippen molar-refractivity contribution in [3.8, 4) is 5.75 Å². The monoisotopic (exact) mass is 270 g/mol. The molecular weight excluding hydrogens is 252 g/mol. The van der Waals surface area contributed by atoms with Gasteiger partial charge in [-0.3, -0.25) is 10.1 Å². The number of rotatable bonds is 6. The number of nitrogens with zero attached hydrogens (tertiary/aromatic N) is 1. The van der Waals surface area contributed by atoms with Crippen LogP contribution in [0.1, 0.15) is 19.4 Å². The van der Waals surface area contributed by atoms with Gasteiger partial charge in [-0.25, -0.2) is 0 Å². The largest absolute Gasteiger partial charge is 0.490 e. The first-order chi connectivity index (χ1) is 8.33. The molecule has 0 aliphatic carbocycles. The van der Waals surface area contributed by atoms with E-state index in [1.54, 1.807) is 23.9 Å². The van der Waals surface area contributed by atoms with Crippen LogP contribution >= 0.6 is 11.8 Å². The number of benzene rings is 1. The summed E-state index contributed by atoms with van der Waals surface area (Å²) in [6, 6.07) is 5.01. The third-order valence-electron chi connectivity index (χ3n) is 2.18. The van der Waals surface area contributed by atoms with Crippen molar-refractivity contribution in [2.24, 2.45) is 5.73 Å². The molecule has 18 heavy (non-hydrogen) atoms. The topological polar surface area (TPSA) is 78.4 Å². The second-order valence-electron chi connectivity index (χ2n) is 4.74. The first kappa shape index (κ1) is 14.8. The molecule has 0 atom stereocenters. The van der Waals surface area contributed by atoms with Crippen LogP contribution in [0.4, 0.5) is 5.69 Å². The molecule has 0 amide bonds. The predicted octanol–water partition coefficient (Wildman–Crippen LogP) is 2.57. The molecule has 0 radical (unpaired) electrons. The molecule has 2 N–H and O–H groups in total. The Balaban J connectivity index is 2.73. The minimum atomic E-state index is -0.431. The maximum atomic E-state index is 10.9. The number of methoxy groups -OCH3 is 1. The normalized spacial score (nSPS) is 11.3. The van der Waals surface area contributed by atoms with Crippen LogP contribution in [0.25, 0.3) is 0 Å². The zero-order valence-electron chi connectivity index (χ0n) is 10.8. The average Bonchev–Trinajstić information content (AvgIpc) is 2.27. The molecule has 100 valence electrons. The molecule has 0 saturated carbocycles. The Hall–Kier alpha value is -1.27. The van der Waals surface area contributed by atoms with E-state index in [1.807, 2.05) is 19.9 Å². The van der Waals surface area contributed by atoms with Crippen molar-refractivity contribution in [2.75, 3.05) is 12.9 Å². The van der Waals surface area contributed by atoms with E-state index in [-0.39, 0.29) is 17.0 Å². The van der Waals surface area contributed by atoms with Gasteiger partial charge in [-0.1, -0.05) is 6.07 Å². The summed E-state index contributed by atoms with van der Waals surface area (Å²) < 4.78 is 4.95. The summed E-state index contributed by atoms with van der Waals surface area (Å²) in [4.78, 5) is 10.4. The molecule has 0 heterocycles. The van der Waals surface area contributed by atoms with Crippen LogP contribution in [-0.4, -0.2) is 23.3 Å². The van der Waals surface area contributed by atoms with E-state index in [0.29, 0.717) is 5.75 Å². The van der Waals surface area contributed by atoms with E-state index >= 15 is 0 Å². The maximum Gasteiger partial charge on any atom is 0.311 e. The van der Waals surface area contributed by atoms with Gasteiger partial charge < -0.3 is 10.5 Å². The van der Waals surface area contributed by atoms with Gasteiger partial charge in [0, 0.05) is 23.1 Å². The third kappa shape index (κ3) is 4.54. The molecule has 1 aromatic rings. The van der Waals surface area contributed by atoms with E-state index in [9.17, 15) is 10.1 Å². The highest BCUT2D eigenvalue weighted by atomic mass is 32.2. The van der Waals surface area contributed by atoms with Gasteiger partial charge in [0.05, 0.1) is 12.0 Å². The Kier molecular flexibility index (Phi) is 4.98. The highest BCUT2D eigenvalue weighted by Crippen LogP contribution is 2.29. The predicted molar refractivity (Wildman–Crippen MR) is 74.1 cm³/mol. The lowest BCUT2D eigenvalue weighted by Crippen LogP contribution is -2.34. The molecule has 0 saturated heterocycles. The molecule has 0 fully saturated rings. The molecule has 1 rings (SSSR count). The van der Waals surface area contributed by atoms with Gasteiger partial charge in [-0.15, -0.1) is 0 Å². The number of ether oxygens (including phenoxy) is 1. The molecule has 0 aliphatic rings. The smallest absolute Gasteiger partial charge is 0.311 e. The van der Waals surface area contributed by atoms with Crippen LogP contribution in [-0.2, 0) is 5.75 Å². The highest BCUT2D eigenvalue weighted by molar-refractivity contribution is 7.98. The molecular formula is C12H18N2O3S. The number of nitro benzene ring substituents is 1. The van der Waals surface area contributed by atoms with Crippen LogP contribution in [0.15, 0.2) is 18.2 Å². The minimum Gasteiger partial charge on any atom is -0.490 e. The number of hydrogen-bond donors (Lipinski definition) is 1. The second-order valence-corrected chi connectivity index (χ2v) is 5.73. The maximum absolute atomic E-state index is 10.9. The SMILES string of the molecule is COc1ccc(CSCC(C)(C)N)cc1[N+](=O)[O-]. The first-order valence-corrected chi connectivity index (χ1v) is 6.67. The van der Waals surface area contributed by atoms with Crippen molar-refractivity contribution in [3.05, 3.63) is 33.9 Å². The zero-order valence-corrected chi connectivity index (χ0v) is 11.6. The summed E-state index contributed by atoms with van der Waals surface area (Å²) in [6.07, 6.45) is 0. The first-order valence-electron chi connectivity index (χ1n) is 5.51. The van der Waals surface area contributed by atoms with Crippen molar-refractivity contribution in [1.82, 2.24) is 0 Å². The quantitative estimate of drug-likeness (QED) is 0.635. The summed E-state index contributed by atoms with van der Waals surface area (Å²) in [5.41, 5.74) is 6.54. The van der Waals surface area contributed by atoms with Crippen LogP contribution in [0, 0.1) is 10.1 Å². The number of nitro groups is 1. The van der Waals surface area contributed by atoms with Gasteiger partial charge in [-0.05, 0) is 25.5 Å². The Labute approximate surface area is 111 Å². The van der Waals surface area contributed by atoms with Crippen molar-refractivity contribution >= 4 is 17.4 Å². The van der Waals surface area contributed by atoms with E-state index in [0.717, 1.165) is 11.3 Å². The zero-order chi connectivity index (χ0) is 13.8. The molecule has 0 unspecified atom stereocenters. The van der Waals surface area contributed by atoms with Crippen molar-refractivity contribution < 1.29 is 9.66 Å². The Morgan fingerprint density at radius 2 is 2.17 bits per heavy atom. The standard InChI is InChI=1S/C12H18N2O3S/c1-12(2,13)8-18-7-9-4-5-11(17-3)10(6-9)14(15)16/h4-6H,7-8,13H2,1-3H3. The third-order valence-corrected chi connectivity index (χ3v) is 3.67. The van der Waals surface area contributed by atoms with Crippen LogP contribution in [0.5, 0.6) is 5.75 Å². The highest BCUT2D eigenvalue weighted by Gasteiger charge is 2.16. The van der Waals surface area contributed by atoms with Crippen molar-refractivity contribution in [2.45, 2.75) is 25.1 Å². The summed E-state index contributed by atoms with van der Waals surface area (Å²) in [5.74, 6) is 1.78. The summed E-state index contributed by atoms with van der Waals surface area (Å²) in [5, 5.41) is 10.9. The number of hydrogen-bond acceptors (Lipinski definition) is 5. The fourth-order valence-electron chi connectivity index (χ4n) is 1.40. The van der Waals surface area contributed by atoms with Gasteiger partial charge in [-0.2, -0.15) is 11.8 Å². The second kappa shape index (κ2) is 6.06. The van der Waals surface area contributed by atoms with Crippen LogP contribution in [0.2, 0.25) is 0 Å². The van der Waals surface area contributed by atoms with Crippen LogP contribution in [0.3, 0.4) is 0 Å².